The Hall–Kier alpha value is -1.08. The van der Waals surface area contributed by atoms with Crippen LogP contribution in [0, 0.1) is 3.57 Å². The van der Waals surface area contributed by atoms with Gasteiger partial charge in [0.2, 0.25) is 0 Å². The Morgan fingerprint density at radius 2 is 1.80 bits per heavy atom. The van der Waals surface area contributed by atoms with Gasteiger partial charge in [0.25, 0.3) is 5.91 Å². The van der Waals surface area contributed by atoms with E-state index in [2.05, 4.69) is 43.8 Å². The summed E-state index contributed by atoms with van der Waals surface area (Å²) in [6.07, 6.45) is 0. The molecule has 3 nitrogen and oxygen atoms in total. The number of halogens is 2. The molecule has 0 aliphatic rings. The highest BCUT2D eigenvalue weighted by molar-refractivity contribution is 14.1. The Labute approximate surface area is 140 Å². The van der Waals surface area contributed by atoms with Gasteiger partial charge in [0.05, 0.1) is 5.56 Å². The largest absolute Gasteiger partial charge is 0.378 e. The number of rotatable bonds is 3. The third-order valence-corrected chi connectivity index (χ3v) is 4.18. The zero-order chi connectivity index (χ0) is 14.7. The molecular weight excluding hydrogens is 431 g/mol. The number of hydrogen-bond acceptors (Lipinski definition) is 2. The number of anilines is 2. The predicted molar refractivity (Wildman–Crippen MR) is 95.6 cm³/mol. The molecule has 0 aliphatic heterocycles. The summed E-state index contributed by atoms with van der Waals surface area (Å²) in [6, 6.07) is 13.4. The second-order valence-electron chi connectivity index (χ2n) is 4.52. The van der Waals surface area contributed by atoms with E-state index in [0.717, 1.165) is 19.4 Å². The van der Waals surface area contributed by atoms with Gasteiger partial charge < -0.3 is 10.2 Å². The van der Waals surface area contributed by atoms with Crippen LogP contribution >= 0.6 is 38.5 Å². The Kier molecular flexibility index (Phi) is 5.04. The molecule has 0 unspecified atom stereocenters. The lowest BCUT2D eigenvalue weighted by molar-refractivity contribution is 0.102. The number of hydrogen-bond donors (Lipinski definition) is 1. The molecule has 0 aromatic heterocycles. The SMILES string of the molecule is CN(C)c1ccc(NC(=O)c2cc(I)ccc2Br)cc1. The minimum Gasteiger partial charge on any atom is -0.378 e. The third kappa shape index (κ3) is 3.73. The smallest absolute Gasteiger partial charge is 0.256 e. The van der Waals surface area contributed by atoms with Crippen molar-refractivity contribution in [2.24, 2.45) is 0 Å². The van der Waals surface area contributed by atoms with Gasteiger partial charge in [-0.25, -0.2) is 0 Å². The van der Waals surface area contributed by atoms with Gasteiger partial charge in [0.15, 0.2) is 0 Å². The summed E-state index contributed by atoms with van der Waals surface area (Å²) in [5.74, 6) is -0.118. The van der Waals surface area contributed by atoms with Crippen molar-refractivity contribution in [1.82, 2.24) is 0 Å². The Morgan fingerprint density at radius 3 is 2.40 bits per heavy atom. The molecule has 0 saturated carbocycles. The maximum absolute atomic E-state index is 12.3. The fourth-order valence-electron chi connectivity index (χ4n) is 1.71. The van der Waals surface area contributed by atoms with E-state index in [-0.39, 0.29) is 5.91 Å². The standard InChI is InChI=1S/C15H14BrIN2O/c1-19(2)12-6-4-11(5-7-12)18-15(20)13-9-10(17)3-8-14(13)16/h3-9H,1-2H3,(H,18,20). The van der Waals surface area contributed by atoms with Crippen LogP contribution in [0.2, 0.25) is 0 Å². The average molecular weight is 445 g/mol. The molecule has 0 fully saturated rings. The van der Waals surface area contributed by atoms with Crippen molar-refractivity contribution < 1.29 is 4.79 Å². The van der Waals surface area contributed by atoms with Crippen LogP contribution in [0.5, 0.6) is 0 Å². The molecule has 104 valence electrons. The molecule has 0 aliphatic carbocycles. The van der Waals surface area contributed by atoms with E-state index in [4.69, 9.17) is 0 Å². The molecule has 2 aromatic carbocycles. The van der Waals surface area contributed by atoms with Crippen LogP contribution in [0.4, 0.5) is 11.4 Å². The van der Waals surface area contributed by atoms with Gasteiger partial charge in [-0.2, -0.15) is 0 Å². The molecule has 0 heterocycles. The average Bonchev–Trinajstić information content (AvgIpc) is 2.42. The molecule has 0 atom stereocenters. The molecular formula is C15H14BrIN2O. The van der Waals surface area contributed by atoms with Crippen LogP contribution in [-0.2, 0) is 0 Å². The highest BCUT2D eigenvalue weighted by atomic mass is 127. The Balaban J connectivity index is 2.17. The van der Waals surface area contributed by atoms with Crippen LogP contribution < -0.4 is 10.2 Å². The molecule has 0 saturated heterocycles. The molecule has 1 N–H and O–H groups in total. The predicted octanol–water partition coefficient (Wildman–Crippen LogP) is 4.37. The van der Waals surface area contributed by atoms with Crippen molar-refractivity contribution in [3.63, 3.8) is 0 Å². The van der Waals surface area contributed by atoms with E-state index in [0.29, 0.717) is 5.56 Å². The van der Waals surface area contributed by atoms with Gasteiger partial charge in [0, 0.05) is 33.5 Å². The maximum Gasteiger partial charge on any atom is 0.256 e. The molecule has 5 heteroatoms. The summed E-state index contributed by atoms with van der Waals surface area (Å²) in [5, 5.41) is 2.90. The van der Waals surface area contributed by atoms with Crippen molar-refractivity contribution in [3.8, 4) is 0 Å². The second kappa shape index (κ2) is 6.58. The number of carbonyl (C=O) groups excluding carboxylic acids is 1. The zero-order valence-electron chi connectivity index (χ0n) is 11.2. The van der Waals surface area contributed by atoms with Crippen LogP contribution in [0.3, 0.4) is 0 Å². The molecule has 0 bridgehead atoms. The number of nitrogens with one attached hydrogen (secondary N) is 1. The summed E-state index contributed by atoms with van der Waals surface area (Å²) in [4.78, 5) is 14.3. The number of amides is 1. The number of benzene rings is 2. The fraction of sp³-hybridized carbons (Fsp3) is 0.133. The van der Waals surface area contributed by atoms with Crippen LogP contribution in [0.1, 0.15) is 10.4 Å². The van der Waals surface area contributed by atoms with Gasteiger partial charge in [-0.3, -0.25) is 4.79 Å². The first-order valence-electron chi connectivity index (χ1n) is 6.01. The van der Waals surface area contributed by atoms with Gasteiger partial charge in [0.1, 0.15) is 0 Å². The Bertz CT molecular complexity index is 626. The topological polar surface area (TPSA) is 32.3 Å². The van der Waals surface area contributed by atoms with Gasteiger partial charge in [-0.1, -0.05) is 0 Å². The van der Waals surface area contributed by atoms with Crippen molar-refractivity contribution in [2.75, 3.05) is 24.3 Å². The van der Waals surface area contributed by atoms with Crippen molar-refractivity contribution in [1.29, 1.82) is 0 Å². The first kappa shape index (κ1) is 15.3. The Morgan fingerprint density at radius 1 is 1.15 bits per heavy atom. The molecule has 0 spiro atoms. The lowest BCUT2D eigenvalue weighted by Gasteiger charge is -2.13. The number of carbonyl (C=O) groups is 1. The van der Waals surface area contributed by atoms with E-state index >= 15 is 0 Å². The lowest BCUT2D eigenvalue weighted by atomic mass is 10.2. The zero-order valence-corrected chi connectivity index (χ0v) is 14.9. The maximum atomic E-state index is 12.3. The normalized spacial score (nSPS) is 10.2. The molecule has 20 heavy (non-hydrogen) atoms. The van der Waals surface area contributed by atoms with Crippen LogP contribution in [0.15, 0.2) is 46.9 Å². The van der Waals surface area contributed by atoms with E-state index in [9.17, 15) is 4.79 Å². The van der Waals surface area contributed by atoms with E-state index in [1.807, 2.05) is 61.5 Å². The summed E-state index contributed by atoms with van der Waals surface area (Å²) < 4.78 is 1.82. The summed E-state index contributed by atoms with van der Waals surface area (Å²) >= 11 is 5.60. The first-order valence-corrected chi connectivity index (χ1v) is 7.88. The second-order valence-corrected chi connectivity index (χ2v) is 6.62. The minimum atomic E-state index is -0.118. The molecule has 1 amide bonds. The van der Waals surface area contributed by atoms with Crippen LogP contribution in [0.25, 0.3) is 0 Å². The van der Waals surface area contributed by atoms with Crippen molar-refractivity contribution in [3.05, 3.63) is 56.1 Å². The summed E-state index contributed by atoms with van der Waals surface area (Å²) in [7, 11) is 3.97. The monoisotopic (exact) mass is 444 g/mol. The van der Waals surface area contributed by atoms with E-state index in [1.165, 1.54) is 0 Å². The van der Waals surface area contributed by atoms with E-state index in [1.54, 1.807) is 0 Å². The number of nitrogens with zero attached hydrogens (tertiary/aromatic N) is 1. The lowest BCUT2D eigenvalue weighted by Crippen LogP contribution is -2.13. The van der Waals surface area contributed by atoms with Gasteiger partial charge in [-0.05, 0) is 81.0 Å². The highest BCUT2D eigenvalue weighted by Crippen LogP contribution is 2.22. The summed E-state index contributed by atoms with van der Waals surface area (Å²) in [5.41, 5.74) is 2.51. The quantitative estimate of drug-likeness (QED) is 0.713. The van der Waals surface area contributed by atoms with Crippen LogP contribution in [-0.4, -0.2) is 20.0 Å². The third-order valence-electron chi connectivity index (χ3n) is 2.81. The molecule has 0 radical (unpaired) electrons. The summed E-state index contributed by atoms with van der Waals surface area (Å²) in [6.45, 7) is 0. The van der Waals surface area contributed by atoms with Crippen molar-refractivity contribution in [2.45, 2.75) is 0 Å². The van der Waals surface area contributed by atoms with Gasteiger partial charge in [-0.15, -0.1) is 0 Å². The fourth-order valence-corrected chi connectivity index (χ4v) is 2.63. The van der Waals surface area contributed by atoms with Gasteiger partial charge >= 0.3 is 0 Å². The highest BCUT2D eigenvalue weighted by Gasteiger charge is 2.10. The van der Waals surface area contributed by atoms with E-state index < -0.39 is 0 Å². The van der Waals surface area contributed by atoms with Crippen molar-refractivity contribution >= 4 is 55.8 Å². The first-order chi connectivity index (χ1) is 9.47. The molecule has 2 aromatic rings. The molecule has 2 rings (SSSR count). The minimum absolute atomic E-state index is 0.118.